The summed E-state index contributed by atoms with van der Waals surface area (Å²) in [5, 5.41) is 7.47. The van der Waals surface area contributed by atoms with E-state index in [1.165, 1.54) is 122 Å². The number of hydrogen-bond donors (Lipinski definition) is 1. The number of para-hydroxylation sites is 11. The Morgan fingerprint density at radius 1 is 0.239 bits per heavy atom. The Bertz CT molecular complexity index is 6670. The van der Waals surface area contributed by atoms with E-state index in [1.807, 2.05) is 0 Å². The van der Waals surface area contributed by atoms with Crippen molar-refractivity contribution in [2.45, 2.75) is 5.92 Å². The lowest BCUT2D eigenvalue weighted by Crippen LogP contribution is -2.23. The molecule has 516 valence electrons. The van der Waals surface area contributed by atoms with Gasteiger partial charge in [-0.25, -0.2) is 0 Å². The van der Waals surface area contributed by atoms with Crippen LogP contribution in [0.2, 0.25) is 0 Å². The Kier molecular flexibility index (Phi) is 16.3. The molecule has 0 saturated heterocycles. The maximum Gasteiger partial charge on any atom is 0.0703 e. The molecule has 0 radical (unpaired) electrons. The second-order valence-corrected chi connectivity index (χ2v) is 28.7. The quantitative estimate of drug-likeness (QED) is 0.157. The lowest BCUT2D eigenvalue weighted by Gasteiger charge is -2.40. The average Bonchev–Trinajstić information content (AvgIpc) is 1.11. The van der Waals surface area contributed by atoms with Crippen molar-refractivity contribution in [2.24, 2.45) is 0 Å². The van der Waals surface area contributed by atoms with Gasteiger partial charge in [0.15, 0.2) is 0 Å². The number of hydrogen-bond acceptors (Lipinski definition) is 3. The van der Waals surface area contributed by atoms with Crippen LogP contribution < -0.4 is 14.7 Å². The Hall–Kier alpha value is -13.9. The molecule has 109 heavy (non-hydrogen) atoms. The summed E-state index contributed by atoms with van der Waals surface area (Å²) in [7, 11) is 0. The number of H-pyrrole nitrogens is 1. The molecule has 0 saturated carbocycles. The average molecular weight is 1460 g/mol. The number of nitrogens with zero attached hydrogens (tertiary/aromatic N) is 6. The Labute approximate surface area is 640 Å². The van der Waals surface area contributed by atoms with Crippen molar-refractivity contribution in [3.05, 3.63) is 434 Å². The number of benzene rings is 16. The minimum atomic E-state index is 0.238. The third kappa shape index (κ3) is 11.3. The van der Waals surface area contributed by atoms with Crippen LogP contribution in [0.5, 0.6) is 0 Å². The molecule has 16 aromatic carbocycles. The van der Waals surface area contributed by atoms with Gasteiger partial charge in [-0.05, 0) is 173 Å². The lowest BCUT2D eigenvalue weighted by molar-refractivity contribution is 0.939. The Morgan fingerprint density at radius 3 is 1.20 bits per heavy atom. The van der Waals surface area contributed by atoms with E-state index in [0.29, 0.717) is 0 Å². The van der Waals surface area contributed by atoms with Crippen LogP contribution in [0.15, 0.2) is 417 Å². The van der Waals surface area contributed by atoms with Gasteiger partial charge in [0.25, 0.3) is 0 Å². The van der Waals surface area contributed by atoms with E-state index in [0.717, 1.165) is 55.7 Å². The van der Waals surface area contributed by atoms with Crippen molar-refractivity contribution < 1.29 is 0 Å². The first-order chi connectivity index (χ1) is 54.1. The predicted octanol–water partition coefficient (Wildman–Crippen LogP) is 28.0. The monoisotopic (exact) mass is 1460 g/mol. The smallest absolute Gasteiger partial charge is 0.0703 e. The summed E-state index contributed by atoms with van der Waals surface area (Å²) >= 11 is 3.63. The molecule has 0 spiro atoms. The van der Waals surface area contributed by atoms with Crippen LogP contribution in [0.3, 0.4) is 0 Å². The van der Waals surface area contributed by atoms with Crippen LogP contribution in [0, 0.1) is 0 Å². The highest BCUT2D eigenvalue weighted by Crippen LogP contribution is 2.56. The molecule has 0 unspecified atom stereocenters. The highest BCUT2D eigenvalue weighted by atomic mass is 79.9. The first-order valence-corrected chi connectivity index (χ1v) is 37.9. The van der Waals surface area contributed by atoms with E-state index in [2.05, 4.69) is 462 Å². The van der Waals surface area contributed by atoms with Crippen LogP contribution in [-0.2, 0) is 0 Å². The van der Waals surface area contributed by atoms with Gasteiger partial charge in [-0.15, -0.1) is 0 Å². The zero-order chi connectivity index (χ0) is 72.3. The summed E-state index contributed by atoms with van der Waals surface area (Å²) in [5.74, 6) is 0.238. The van der Waals surface area contributed by atoms with E-state index in [-0.39, 0.29) is 5.92 Å². The largest absolute Gasteiger partial charge is 0.354 e. The van der Waals surface area contributed by atoms with Crippen molar-refractivity contribution in [1.82, 2.24) is 18.7 Å². The molecule has 20 aromatic rings. The Morgan fingerprint density at radius 2 is 0.633 bits per heavy atom. The van der Waals surface area contributed by atoms with Crippen LogP contribution in [-0.4, -0.2) is 18.7 Å². The zero-order valence-corrected chi connectivity index (χ0v) is 61.0. The van der Waals surface area contributed by atoms with Gasteiger partial charge in [0, 0.05) is 82.3 Å². The Balaban J connectivity index is 0.000000119. The topological polar surface area (TPSA) is 40.3 Å². The predicted molar refractivity (Wildman–Crippen MR) is 460 cm³/mol. The molecular weight excluding hydrogens is 1390 g/mol. The normalized spacial score (nSPS) is 12.4. The first-order valence-electron chi connectivity index (χ1n) is 37.1. The van der Waals surface area contributed by atoms with E-state index < -0.39 is 0 Å². The lowest BCUT2D eigenvalue weighted by atomic mass is 9.80. The van der Waals surface area contributed by atoms with E-state index in [4.69, 9.17) is 0 Å². The highest BCUT2D eigenvalue weighted by molar-refractivity contribution is 9.10. The van der Waals surface area contributed by atoms with Crippen molar-refractivity contribution in [3.63, 3.8) is 0 Å². The van der Waals surface area contributed by atoms with Gasteiger partial charge in [-0.3, -0.25) is 0 Å². The van der Waals surface area contributed by atoms with Gasteiger partial charge in [-0.2, -0.15) is 0 Å². The van der Waals surface area contributed by atoms with Gasteiger partial charge in [-0.1, -0.05) is 283 Å². The molecule has 7 nitrogen and oxygen atoms in total. The zero-order valence-electron chi connectivity index (χ0n) is 59.4. The third-order valence-corrected chi connectivity index (χ3v) is 22.0. The van der Waals surface area contributed by atoms with Gasteiger partial charge in [0.1, 0.15) is 0 Å². The maximum atomic E-state index is 3.65. The molecule has 2 aliphatic heterocycles. The number of halogens is 1. The number of aromatic amines is 1. The first kappa shape index (κ1) is 64.7. The SMILES string of the molecule is Brc1cccc(N2c3ccccc3C(c3ccccc3)c3ccccc32)c1.c1ccc(-c2cc3c(ccc4c5ccccc5n(-c5cccc(N6c7ccccc7N(c7ccccc7)c7ccccc76)c5)c43)n2-c2ccccc2)cc1.c1ccc(-c2cc3c4[nH]c5ccccc5c4ccc3n2-c2ccccc2)cc1. The summed E-state index contributed by atoms with van der Waals surface area (Å²) in [6, 6.07) is 148. The minimum absolute atomic E-state index is 0.238. The summed E-state index contributed by atoms with van der Waals surface area (Å²) in [4.78, 5) is 10.8. The van der Waals surface area contributed by atoms with Gasteiger partial charge >= 0.3 is 0 Å². The summed E-state index contributed by atoms with van der Waals surface area (Å²) in [6.07, 6.45) is 0. The standard InChI is InChI=1S/C50H34N4.C26H18N2.C25H18BrN/c1-4-17-35(18-5-1)49-34-42-44(51(49)36-19-6-2-7-20-36)32-31-41-40-25-10-11-26-43(40)54(50(41)42)39-24-16-23-38(33-39)53-47-29-14-12-27-45(47)52(37-21-8-3-9-22-37)46-28-13-15-30-48(46)53;1-3-9-18(10-4-1)25-17-22-24(28(25)19-11-5-2-6-12-19)16-15-21-20-13-7-8-14-23(20)27-26(21)22;26-19-11-8-12-20(17-19)27-23-15-6-4-13-21(23)25(18-9-2-1-3-10-18)22-14-5-7-16-24(22)27/h1-34H;1-17,27H;1-17,25H. The fourth-order valence-corrected chi connectivity index (χ4v) is 17.3. The second kappa shape index (κ2) is 27.5. The number of anilines is 9. The number of nitrogens with one attached hydrogen (secondary N) is 1. The molecule has 6 heterocycles. The molecule has 2 aliphatic rings. The highest BCUT2D eigenvalue weighted by Gasteiger charge is 2.34. The molecule has 0 fully saturated rings. The molecule has 1 N–H and O–H groups in total. The second-order valence-electron chi connectivity index (χ2n) is 27.8. The van der Waals surface area contributed by atoms with E-state index in [9.17, 15) is 0 Å². The van der Waals surface area contributed by atoms with Crippen LogP contribution in [0.25, 0.3) is 105 Å². The number of fused-ring (bicyclic) bond motifs is 14. The van der Waals surface area contributed by atoms with Gasteiger partial charge in [0.05, 0.1) is 73.1 Å². The summed E-state index contributed by atoms with van der Waals surface area (Å²) in [6.45, 7) is 0. The van der Waals surface area contributed by atoms with Crippen molar-refractivity contribution in [3.8, 4) is 39.6 Å². The molecule has 22 rings (SSSR count). The van der Waals surface area contributed by atoms with Crippen LogP contribution >= 0.6 is 15.9 Å². The molecule has 0 bridgehead atoms. The van der Waals surface area contributed by atoms with E-state index >= 15 is 0 Å². The van der Waals surface area contributed by atoms with Crippen LogP contribution in [0.1, 0.15) is 22.6 Å². The summed E-state index contributed by atoms with van der Waals surface area (Å²) in [5.41, 5.74) is 29.8. The van der Waals surface area contributed by atoms with E-state index in [1.54, 1.807) is 0 Å². The van der Waals surface area contributed by atoms with Gasteiger partial charge in [0.2, 0.25) is 0 Å². The molecule has 0 atom stereocenters. The molecule has 0 amide bonds. The fraction of sp³-hybridized carbons (Fsp3) is 0.00990. The number of rotatable bonds is 9. The molecule has 8 heteroatoms. The van der Waals surface area contributed by atoms with Crippen molar-refractivity contribution in [2.75, 3.05) is 14.7 Å². The third-order valence-electron chi connectivity index (χ3n) is 21.5. The molecular formula is C101H70BrN7. The van der Waals surface area contributed by atoms with Crippen LogP contribution in [0.4, 0.5) is 51.2 Å². The van der Waals surface area contributed by atoms with Gasteiger partial charge < -0.3 is 33.4 Å². The molecule has 4 aromatic heterocycles. The molecule has 0 aliphatic carbocycles. The maximum absolute atomic E-state index is 3.65. The fourth-order valence-electron chi connectivity index (χ4n) is 16.9. The van der Waals surface area contributed by atoms with Crippen molar-refractivity contribution >= 4 is 133 Å². The number of aromatic nitrogens is 4. The summed E-state index contributed by atoms with van der Waals surface area (Å²) < 4.78 is 8.32. The minimum Gasteiger partial charge on any atom is -0.354 e. The van der Waals surface area contributed by atoms with Crippen molar-refractivity contribution in [1.29, 1.82) is 0 Å².